The number of carboxylic acid groups (broad SMARTS) is 1. The van der Waals surface area contributed by atoms with E-state index < -0.39 is 5.97 Å². The zero-order valence-electron chi connectivity index (χ0n) is 11.7. The lowest BCUT2D eigenvalue weighted by Gasteiger charge is -2.15. The van der Waals surface area contributed by atoms with Crippen molar-refractivity contribution in [1.29, 1.82) is 0 Å². The quantitative estimate of drug-likeness (QED) is 0.747. The highest BCUT2D eigenvalue weighted by atomic mass is 35.5. The molecule has 1 unspecified atom stereocenters. The maximum Gasteiger partial charge on any atom is 0.303 e. The first-order chi connectivity index (χ1) is 10.0. The molecule has 116 valence electrons. The van der Waals surface area contributed by atoms with Gasteiger partial charge in [0.2, 0.25) is 0 Å². The fraction of sp³-hybridized carbons (Fsp3) is 0.533. The fourth-order valence-corrected chi connectivity index (χ4v) is 4.06. The molecule has 1 saturated heterocycles. The van der Waals surface area contributed by atoms with E-state index in [1.54, 1.807) is 17.8 Å². The molecule has 0 aliphatic carbocycles. The molecular formula is C15H19Cl2NO2S. The molecule has 0 aromatic heterocycles. The first-order valence-corrected chi connectivity index (χ1v) is 8.81. The minimum absolute atomic E-state index is 0.283. The molecule has 1 atom stereocenters. The van der Waals surface area contributed by atoms with Gasteiger partial charge in [-0.15, -0.1) is 11.8 Å². The number of hydrogen-bond donors (Lipinski definition) is 1. The molecule has 1 N–H and O–H groups in total. The number of halogens is 2. The van der Waals surface area contributed by atoms with Crippen LogP contribution in [0.1, 0.15) is 19.3 Å². The van der Waals surface area contributed by atoms with Crippen molar-refractivity contribution in [3.63, 3.8) is 0 Å². The molecule has 0 saturated carbocycles. The van der Waals surface area contributed by atoms with Gasteiger partial charge >= 0.3 is 5.97 Å². The second-order valence-corrected chi connectivity index (χ2v) is 7.29. The summed E-state index contributed by atoms with van der Waals surface area (Å²) in [6, 6.07) is 5.51. The van der Waals surface area contributed by atoms with Gasteiger partial charge in [-0.05, 0) is 43.5 Å². The van der Waals surface area contributed by atoms with Crippen LogP contribution in [0.15, 0.2) is 23.1 Å². The van der Waals surface area contributed by atoms with E-state index in [0.717, 1.165) is 48.1 Å². The highest BCUT2D eigenvalue weighted by Gasteiger charge is 2.22. The first-order valence-electron chi connectivity index (χ1n) is 7.06. The SMILES string of the molecule is O=C(O)CCC1CCN(CCSc2cc(Cl)ccc2Cl)C1. The zero-order valence-corrected chi connectivity index (χ0v) is 14.1. The Morgan fingerprint density at radius 1 is 1.43 bits per heavy atom. The number of carbonyl (C=O) groups is 1. The Bertz CT molecular complexity index is 499. The second kappa shape index (κ2) is 8.28. The largest absolute Gasteiger partial charge is 0.481 e. The van der Waals surface area contributed by atoms with Gasteiger partial charge in [-0.2, -0.15) is 0 Å². The van der Waals surface area contributed by atoms with E-state index in [1.807, 2.05) is 12.1 Å². The van der Waals surface area contributed by atoms with Crippen molar-refractivity contribution in [2.75, 3.05) is 25.4 Å². The number of rotatable bonds is 7. The van der Waals surface area contributed by atoms with Crippen LogP contribution in [0, 0.1) is 5.92 Å². The van der Waals surface area contributed by atoms with Gasteiger partial charge in [0.25, 0.3) is 0 Å². The van der Waals surface area contributed by atoms with Crippen LogP contribution in [-0.2, 0) is 4.79 Å². The lowest BCUT2D eigenvalue weighted by Crippen LogP contribution is -2.23. The molecule has 1 fully saturated rings. The van der Waals surface area contributed by atoms with Crippen LogP contribution in [0.5, 0.6) is 0 Å². The Morgan fingerprint density at radius 3 is 3.00 bits per heavy atom. The molecule has 0 bridgehead atoms. The number of hydrogen-bond acceptors (Lipinski definition) is 3. The van der Waals surface area contributed by atoms with Gasteiger partial charge < -0.3 is 10.0 Å². The van der Waals surface area contributed by atoms with Crippen molar-refractivity contribution in [1.82, 2.24) is 4.90 Å². The summed E-state index contributed by atoms with van der Waals surface area (Å²) in [6.07, 6.45) is 2.18. The number of likely N-dealkylation sites (tertiary alicyclic amines) is 1. The minimum atomic E-state index is -0.695. The molecule has 21 heavy (non-hydrogen) atoms. The summed E-state index contributed by atoms with van der Waals surface area (Å²) in [6.45, 7) is 3.07. The molecule has 3 nitrogen and oxygen atoms in total. The van der Waals surface area contributed by atoms with Gasteiger partial charge in [0.15, 0.2) is 0 Å². The van der Waals surface area contributed by atoms with Gasteiger partial charge in [-0.3, -0.25) is 4.79 Å². The van der Waals surface area contributed by atoms with Gasteiger partial charge in [0.1, 0.15) is 0 Å². The van der Waals surface area contributed by atoms with Crippen molar-refractivity contribution in [2.24, 2.45) is 5.92 Å². The van der Waals surface area contributed by atoms with Gasteiger partial charge in [-0.1, -0.05) is 23.2 Å². The van der Waals surface area contributed by atoms with Crippen LogP contribution in [-0.4, -0.2) is 41.4 Å². The molecule has 1 aromatic carbocycles. The molecule has 6 heteroatoms. The average Bonchev–Trinajstić information content (AvgIpc) is 2.88. The van der Waals surface area contributed by atoms with Gasteiger partial charge in [0.05, 0.1) is 5.02 Å². The highest BCUT2D eigenvalue weighted by Crippen LogP contribution is 2.30. The third-order valence-corrected chi connectivity index (χ3v) is 5.41. The number of nitrogens with zero attached hydrogens (tertiary/aromatic N) is 1. The molecule has 2 rings (SSSR count). The van der Waals surface area contributed by atoms with Crippen LogP contribution in [0.25, 0.3) is 0 Å². The normalized spacial score (nSPS) is 19.0. The van der Waals surface area contributed by atoms with Gasteiger partial charge in [-0.25, -0.2) is 0 Å². The lowest BCUT2D eigenvalue weighted by molar-refractivity contribution is -0.137. The zero-order chi connectivity index (χ0) is 15.2. The summed E-state index contributed by atoms with van der Waals surface area (Å²) in [7, 11) is 0. The molecule has 0 amide bonds. The number of benzene rings is 1. The summed E-state index contributed by atoms with van der Waals surface area (Å²) in [4.78, 5) is 14.0. The predicted octanol–water partition coefficient (Wildman–Crippen LogP) is 4.27. The molecule has 0 spiro atoms. The number of carboxylic acids is 1. The van der Waals surface area contributed by atoms with E-state index >= 15 is 0 Å². The van der Waals surface area contributed by atoms with Crippen LogP contribution in [0.2, 0.25) is 10.0 Å². The van der Waals surface area contributed by atoms with E-state index in [0.29, 0.717) is 10.9 Å². The van der Waals surface area contributed by atoms with Crippen molar-refractivity contribution in [3.05, 3.63) is 28.2 Å². The molecular weight excluding hydrogens is 329 g/mol. The van der Waals surface area contributed by atoms with E-state index in [4.69, 9.17) is 28.3 Å². The summed E-state index contributed by atoms with van der Waals surface area (Å²) < 4.78 is 0. The second-order valence-electron chi connectivity index (χ2n) is 5.31. The first kappa shape index (κ1) is 16.9. The average molecular weight is 348 g/mol. The Balaban J connectivity index is 1.70. The maximum atomic E-state index is 10.6. The number of thioether (sulfide) groups is 1. The summed E-state index contributed by atoms with van der Waals surface area (Å²) >= 11 is 13.8. The van der Waals surface area contributed by atoms with Crippen molar-refractivity contribution in [3.8, 4) is 0 Å². The Labute approximate surface area is 139 Å². The van der Waals surface area contributed by atoms with Crippen molar-refractivity contribution < 1.29 is 9.90 Å². The standard InChI is InChI=1S/C15H19Cl2NO2S/c16-12-2-3-13(17)14(9-12)21-8-7-18-6-5-11(10-18)1-4-15(19)20/h2-3,9,11H,1,4-8,10H2,(H,19,20). The molecule has 1 heterocycles. The molecule has 1 aromatic rings. The van der Waals surface area contributed by atoms with E-state index in [1.165, 1.54) is 0 Å². The molecule has 0 radical (unpaired) electrons. The molecule has 1 aliphatic heterocycles. The Morgan fingerprint density at radius 2 is 2.24 bits per heavy atom. The topological polar surface area (TPSA) is 40.5 Å². The summed E-state index contributed by atoms with van der Waals surface area (Å²) in [5, 5.41) is 10.2. The van der Waals surface area contributed by atoms with E-state index in [-0.39, 0.29) is 6.42 Å². The predicted molar refractivity (Wildman–Crippen MR) is 88.6 cm³/mol. The fourth-order valence-electron chi connectivity index (χ4n) is 2.55. The Hall–Kier alpha value is -0.420. The highest BCUT2D eigenvalue weighted by molar-refractivity contribution is 7.99. The van der Waals surface area contributed by atoms with Crippen LogP contribution in [0.3, 0.4) is 0 Å². The monoisotopic (exact) mass is 347 g/mol. The number of aliphatic carboxylic acids is 1. The van der Waals surface area contributed by atoms with Crippen molar-refractivity contribution in [2.45, 2.75) is 24.2 Å². The van der Waals surface area contributed by atoms with Gasteiger partial charge in [0, 0.05) is 35.2 Å². The van der Waals surface area contributed by atoms with Crippen molar-refractivity contribution >= 4 is 40.9 Å². The maximum absolute atomic E-state index is 10.6. The third-order valence-electron chi connectivity index (χ3n) is 3.69. The van der Waals surface area contributed by atoms with E-state index in [2.05, 4.69) is 4.90 Å². The van der Waals surface area contributed by atoms with Crippen LogP contribution < -0.4 is 0 Å². The van der Waals surface area contributed by atoms with Crippen LogP contribution >= 0.6 is 35.0 Å². The summed E-state index contributed by atoms with van der Waals surface area (Å²) in [5.41, 5.74) is 0. The Kier molecular flexibility index (Phi) is 6.68. The summed E-state index contributed by atoms with van der Waals surface area (Å²) in [5.74, 6) is 0.798. The minimum Gasteiger partial charge on any atom is -0.481 e. The molecule has 1 aliphatic rings. The lowest BCUT2D eigenvalue weighted by atomic mass is 10.0. The third kappa shape index (κ3) is 5.70. The van der Waals surface area contributed by atoms with E-state index in [9.17, 15) is 4.79 Å². The smallest absolute Gasteiger partial charge is 0.303 e. The van der Waals surface area contributed by atoms with Crippen LogP contribution in [0.4, 0.5) is 0 Å².